The molecule has 2 aliphatic heterocycles. The zero-order valence-electron chi connectivity index (χ0n) is 14.4. The zero-order chi connectivity index (χ0) is 17.2. The van der Waals surface area contributed by atoms with E-state index in [1.54, 1.807) is 0 Å². The van der Waals surface area contributed by atoms with Gasteiger partial charge in [-0.25, -0.2) is 5.84 Å². The molecule has 2 heterocycles. The average molecular weight is 335 g/mol. The Bertz CT molecular complexity index is 747. The third-order valence-electron chi connectivity index (χ3n) is 5.05. The van der Waals surface area contributed by atoms with Crippen molar-refractivity contribution in [1.29, 1.82) is 0 Å². The molecule has 0 amide bonds. The van der Waals surface area contributed by atoms with Crippen LogP contribution in [0.3, 0.4) is 0 Å². The summed E-state index contributed by atoms with van der Waals surface area (Å²) in [5.74, 6) is 6.86. The molecule has 3 unspecified atom stereocenters. The predicted molar refractivity (Wildman–Crippen MR) is 100 cm³/mol. The van der Waals surface area contributed by atoms with Gasteiger partial charge in [-0.15, -0.1) is 0 Å². The molecule has 3 aliphatic rings. The van der Waals surface area contributed by atoms with E-state index in [0.717, 1.165) is 24.4 Å². The number of nitrogens with zero attached hydrogens (tertiary/aromatic N) is 1. The summed E-state index contributed by atoms with van der Waals surface area (Å²) in [4.78, 5) is 0. The molecule has 0 bridgehead atoms. The molecule has 5 nitrogen and oxygen atoms in total. The lowest BCUT2D eigenvalue weighted by Gasteiger charge is -2.32. The average Bonchev–Trinajstić information content (AvgIpc) is 2.98. The molecule has 0 fully saturated rings. The Morgan fingerprint density at radius 1 is 1.16 bits per heavy atom. The summed E-state index contributed by atoms with van der Waals surface area (Å²) in [6, 6.07) is 10.4. The fourth-order valence-corrected chi connectivity index (χ4v) is 3.76. The highest BCUT2D eigenvalue weighted by Crippen LogP contribution is 2.30. The molecule has 5 N–H and O–H groups in total. The second kappa shape index (κ2) is 6.78. The van der Waals surface area contributed by atoms with Crippen molar-refractivity contribution in [2.24, 2.45) is 11.8 Å². The molecule has 25 heavy (non-hydrogen) atoms. The number of allylic oxidation sites excluding steroid dienone is 4. The van der Waals surface area contributed by atoms with Gasteiger partial charge in [0.2, 0.25) is 0 Å². The van der Waals surface area contributed by atoms with E-state index in [1.807, 2.05) is 11.1 Å². The van der Waals surface area contributed by atoms with Crippen LogP contribution in [0.4, 0.5) is 0 Å². The van der Waals surface area contributed by atoms with Gasteiger partial charge in [0.25, 0.3) is 0 Å². The molecular formula is C20H25N5. The molecule has 0 saturated carbocycles. The number of rotatable bonds is 3. The molecule has 1 aliphatic carbocycles. The third kappa shape index (κ3) is 3.08. The summed E-state index contributed by atoms with van der Waals surface area (Å²) in [5, 5.41) is 12.5. The first-order chi connectivity index (χ1) is 12.2. The Hall–Kier alpha value is -2.50. The van der Waals surface area contributed by atoms with Gasteiger partial charge in [0.15, 0.2) is 0 Å². The second-order valence-electron chi connectivity index (χ2n) is 6.74. The van der Waals surface area contributed by atoms with Crippen LogP contribution in [0.5, 0.6) is 0 Å². The van der Waals surface area contributed by atoms with E-state index >= 15 is 0 Å². The minimum Gasteiger partial charge on any atom is -0.372 e. The molecule has 0 spiro atoms. The molecule has 130 valence electrons. The van der Waals surface area contributed by atoms with E-state index in [2.05, 4.69) is 77.6 Å². The van der Waals surface area contributed by atoms with Crippen molar-refractivity contribution in [3.63, 3.8) is 0 Å². The third-order valence-corrected chi connectivity index (χ3v) is 5.05. The normalized spacial score (nSPS) is 28.6. The highest BCUT2D eigenvalue weighted by molar-refractivity contribution is 5.39. The summed E-state index contributed by atoms with van der Waals surface area (Å²) in [6.07, 6.45) is 11.9. The lowest BCUT2D eigenvalue weighted by atomic mass is 9.97. The van der Waals surface area contributed by atoms with E-state index in [1.165, 1.54) is 11.1 Å². The fraction of sp³-hybridized carbons (Fsp3) is 0.300. The highest BCUT2D eigenvalue weighted by Gasteiger charge is 2.34. The van der Waals surface area contributed by atoms with Gasteiger partial charge in [0.1, 0.15) is 12.3 Å². The highest BCUT2D eigenvalue weighted by atomic mass is 15.5. The lowest BCUT2D eigenvalue weighted by Crippen LogP contribution is -2.48. The largest absolute Gasteiger partial charge is 0.372 e. The minimum absolute atomic E-state index is 0.101. The fourth-order valence-electron chi connectivity index (χ4n) is 3.76. The smallest absolute Gasteiger partial charge is 0.120 e. The van der Waals surface area contributed by atoms with E-state index in [-0.39, 0.29) is 12.3 Å². The number of benzene rings is 1. The Kier molecular flexibility index (Phi) is 4.34. The summed E-state index contributed by atoms with van der Waals surface area (Å²) < 4.78 is 0. The number of hydrogen-bond acceptors (Lipinski definition) is 5. The van der Waals surface area contributed by atoms with Gasteiger partial charge >= 0.3 is 0 Å². The first-order valence-corrected chi connectivity index (χ1v) is 8.82. The van der Waals surface area contributed by atoms with Crippen LogP contribution in [0.1, 0.15) is 25.1 Å². The van der Waals surface area contributed by atoms with Crippen molar-refractivity contribution >= 4 is 0 Å². The Balaban J connectivity index is 1.48. The van der Waals surface area contributed by atoms with Crippen LogP contribution < -0.4 is 21.8 Å². The van der Waals surface area contributed by atoms with Crippen molar-refractivity contribution in [3.8, 4) is 0 Å². The van der Waals surface area contributed by atoms with Crippen molar-refractivity contribution in [2.45, 2.75) is 25.7 Å². The maximum absolute atomic E-state index is 6.48. The van der Waals surface area contributed by atoms with Gasteiger partial charge in [-0.05, 0) is 18.9 Å². The maximum Gasteiger partial charge on any atom is 0.120 e. The standard InChI is InChI=1S/C20H25N5/c1-14-18(25(21)20(24-14)16-10-6-3-7-11-16)17-12-22-19(23-13-17)15-8-4-2-5-9-15/h2-10,12,16,19-20,22-24H,11,13,21H2,1H3. The molecule has 0 aromatic heterocycles. The van der Waals surface area contributed by atoms with E-state index in [0.29, 0.717) is 5.92 Å². The Morgan fingerprint density at radius 3 is 2.68 bits per heavy atom. The SMILES string of the molecule is CC1=C(C2=CNC(c3ccccc3)NC2)N(N)C(C2C=CC=CC2)N1. The van der Waals surface area contributed by atoms with Crippen LogP contribution >= 0.6 is 0 Å². The van der Waals surface area contributed by atoms with Crippen molar-refractivity contribution in [2.75, 3.05) is 6.54 Å². The van der Waals surface area contributed by atoms with Crippen LogP contribution in [0.15, 0.2) is 77.8 Å². The van der Waals surface area contributed by atoms with Crippen LogP contribution in [-0.2, 0) is 0 Å². The molecule has 1 aromatic rings. The van der Waals surface area contributed by atoms with Gasteiger partial charge in [-0.1, -0.05) is 54.6 Å². The van der Waals surface area contributed by atoms with Crippen LogP contribution in [0, 0.1) is 5.92 Å². The zero-order valence-corrected chi connectivity index (χ0v) is 14.4. The Morgan fingerprint density at radius 2 is 2.00 bits per heavy atom. The van der Waals surface area contributed by atoms with Crippen molar-refractivity contribution in [3.05, 3.63) is 83.4 Å². The van der Waals surface area contributed by atoms with Crippen molar-refractivity contribution < 1.29 is 0 Å². The lowest BCUT2D eigenvalue weighted by molar-refractivity contribution is 0.215. The molecule has 4 rings (SSSR count). The van der Waals surface area contributed by atoms with Crippen LogP contribution in [0.2, 0.25) is 0 Å². The molecule has 5 heteroatoms. The second-order valence-corrected chi connectivity index (χ2v) is 6.74. The first kappa shape index (κ1) is 16.0. The molecule has 0 radical (unpaired) electrons. The Labute approximate surface area is 148 Å². The first-order valence-electron chi connectivity index (χ1n) is 8.82. The van der Waals surface area contributed by atoms with Gasteiger partial charge in [-0.2, -0.15) is 0 Å². The number of nitrogens with one attached hydrogen (secondary N) is 3. The summed E-state index contributed by atoms with van der Waals surface area (Å²) in [7, 11) is 0. The number of hydrogen-bond donors (Lipinski definition) is 4. The summed E-state index contributed by atoms with van der Waals surface area (Å²) in [6.45, 7) is 2.88. The van der Waals surface area contributed by atoms with Crippen LogP contribution in [0.25, 0.3) is 0 Å². The van der Waals surface area contributed by atoms with E-state index in [4.69, 9.17) is 5.84 Å². The van der Waals surface area contributed by atoms with E-state index in [9.17, 15) is 0 Å². The molecule has 0 saturated heterocycles. The molecule has 3 atom stereocenters. The quantitative estimate of drug-likeness (QED) is 0.638. The molecular weight excluding hydrogens is 310 g/mol. The van der Waals surface area contributed by atoms with E-state index < -0.39 is 0 Å². The van der Waals surface area contributed by atoms with Gasteiger partial charge < -0.3 is 10.6 Å². The monoisotopic (exact) mass is 335 g/mol. The maximum atomic E-state index is 6.48. The predicted octanol–water partition coefficient (Wildman–Crippen LogP) is 2.23. The number of hydrazine groups is 1. The van der Waals surface area contributed by atoms with Crippen LogP contribution in [-0.4, -0.2) is 17.7 Å². The summed E-state index contributed by atoms with van der Waals surface area (Å²) in [5.41, 5.74) is 4.62. The topological polar surface area (TPSA) is 65.3 Å². The summed E-state index contributed by atoms with van der Waals surface area (Å²) >= 11 is 0. The van der Waals surface area contributed by atoms with Crippen molar-refractivity contribution in [1.82, 2.24) is 21.0 Å². The van der Waals surface area contributed by atoms with Gasteiger partial charge in [-0.3, -0.25) is 10.3 Å². The molecule has 1 aromatic carbocycles. The van der Waals surface area contributed by atoms with Gasteiger partial charge in [0.05, 0.1) is 5.70 Å². The van der Waals surface area contributed by atoms with Gasteiger partial charge in [0, 0.05) is 29.9 Å². The minimum atomic E-state index is 0.101. The number of nitrogens with two attached hydrogens (primary N) is 1.